The number of nitrogens with zero attached hydrogens (tertiary/aromatic N) is 4. The molecule has 17 heavy (non-hydrogen) atoms. The molecule has 0 spiro atoms. The fraction of sp³-hybridized carbons (Fsp3) is 0.700. The SMILES string of the molecule is CSCCN(C)c1nc(Cl)nc(OC(C)C)n1. The number of ether oxygens (including phenoxy) is 1. The van der Waals surface area contributed by atoms with E-state index in [4.69, 9.17) is 16.3 Å². The summed E-state index contributed by atoms with van der Waals surface area (Å²) in [5.41, 5.74) is 0. The lowest BCUT2D eigenvalue weighted by Gasteiger charge is -2.17. The highest BCUT2D eigenvalue weighted by atomic mass is 35.5. The number of thioether (sulfide) groups is 1. The van der Waals surface area contributed by atoms with Gasteiger partial charge in [0.05, 0.1) is 6.10 Å². The first-order chi connectivity index (χ1) is 8.02. The van der Waals surface area contributed by atoms with E-state index in [1.165, 1.54) is 0 Å². The average Bonchev–Trinajstić information content (AvgIpc) is 2.24. The number of rotatable bonds is 6. The summed E-state index contributed by atoms with van der Waals surface area (Å²) in [7, 11) is 1.92. The molecule has 0 saturated carbocycles. The third kappa shape index (κ3) is 4.95. The Hall–Kier alpha value is -0.750. The molecule has 1 aromatic rings. The van der Waals surface area contributed by atoms with Crippen molar-refractivity contribution in [2.75, 3.05) is 30.5 Å². The summed E-state index contributed by atoms with van der Waals surface area (Å²) in [5, 5.41) is 0.154. The maximum atomic E-state index is 5.84. The first kappa shape index (κ1) is 14.3. The zero-order chi connectivity index (χ0) is 12.8. The van der Waals surface area contributed by atoms with Gasteiger partial charge >= 0.3 is 6.01 Å². The highest BCUT2D eigenvalue weighted by Crippen LogP contribution is 2.15. The normalized spacial score (nSPS) is 10.7. The Bertz CT molecular complexity index is 364. The average molecular weight is 277 g/mol. The van der Waals surface area contributed by atoms with E-state index in [0.29, 0.717) is 5.95 Å². The van der Waals surface area contributed by atoms with Crippen molar-refractivity contribution in [3.8, 4) is 6.01 Å². The quantitative estimate of drug-likeness (QED) is 0.793. The minimum Gasteiger partial charge on any atom is -0.461 e. The van der Waals surface area contributed by atoms with Crippen molar-refractivity contribution < 1.29 is 4.74 Å². The molecule has 0 saturated heterocycles. The van der Waals surface area contributed by atoms with E-state index in [1.807, 2.05) is 25.8 Å². The molecule has 1 rings (SSSR count). The standard InChI is InChI=1S/C10H17ClN4OS/c1-7(2)16-10-13-8(11)12-9(14-10)15(3)5-6-17-4/h7H,5-6H2,1-4H3. The molecule has 0 fully saturated rings. The van der Waals surface area contributed by atoms with Crippen LogP contribution in [0.5, 0.6) is 6.01 Å². The van der Waals surface area contributed by atoms with Crippen LogP contribution in [-0.4, -0.2) is 46.7 Å². The smallest absolute Gasteiger partial charge is 0.322 e. The minimum absolute atomic E-state index is 0.0119. The summed E-state index contributed by atoms with van der Waals surface area (Å²) >= 11 is 7.60. The van der Waals surface area contributed by atoms with Crippen LogP contribution in [0.3, 0.4) is 0 Å². The van der Waals surface area contributed by atoms with Crippen LogP contribution in [0.4, 0.5) is 5.95 Å². The Morgan fingerprint density at radius 3 is 2.65 bits per heavy atom. The van der Waals surface area contributed by atoms with Gasteiger partial charge in [0, 0.05) is 19.3 Å². The molecule has 0 aliphatic rings. The summed E-state index contributed by atoms with van der Waals surface area (Å²) in [6, 6.07) is 0.269. The molecule has 0 aliphatic heterocycles. The molecule has 96 valence electrons. The van der Waals surface area contributed by atoms with Crippen molar-refractivity contribution in [2.24, 2.45) is 0 Å². The van der Waals surface area contributed by atoms with Crippen LogP contribution in [0.15, 0.2) is 0 Å². The molecule has 7 heteroatoms. The lowest BCUT2D eigenvalue weighted by molar-refractivity contribution is 0.221. The Kier molecular flexibility index (Phi) is 5.77. The highest BCUT2D eigenvalue weighted by Gasteiger charge is 2.10. The number of hydrogen-bond donors (Lipinski definition) is 0. The van der Waals surface area contributed by atoms with Crippen LogP contribution >= 0.6 is 23.4 Å². The van der Waals surface area contributed by atoms with Crippen LogP contribution in [0.2, 0.25) is 5.28 Å². The molecular weight excluding hydrogens is 260 g/mol. The Labute approximate surface area is 111 Å². The second-order valence-electron chi connectivity index (χ2n) is 3.77. The van der Waals surface area contributed by atoms with E-state index < -0.39 is 0 Å². The number of hydrogen-bond acceptors (Lipinski definition) is 6. The third-order valence-corrected chi connectivity index (χ3v) is 2.65. The second-order valence-corrected chi connectivity index (χ2v) is 5.09. The van der Waals surface area contributed by atoms with E-state index in [9.17, 15) is 0 Å². The van der Waals surface area contributed by atoms with E-state index in [-0.39, 0.29) is 17.4 Å². The van der Waals surface area contributed by atoms with Gasteiger partial charge < -0.3 is 9.64 Å². The molecule has 0 unspecified atom stereocenters. The number of halogens is 1. The maximum absolute atomic E-state index is 5.84. The molecule has 0 radical (unpaired) electrons. The maximum Gasteiger partial charge on any atom is 0.322 e. The van der Waals surface area contributed by atoms with Crippen molar-refractivity contribution >= 4 is 29.3 Å². The molecule has 0 atom stereocenters. The van der Waals surface area contributed by atoms with Crippen molar-refractivity contribution in [3.63, 3.8) is 0 Å². The fourth-order valence-electron chi connectivity index (χ4n) is 1.08. The summed E-state index contributed by atoms with van der Waals surface area (Å²) < 4.78 is 5.41. The van der Waals surface area contributed by atoms with Crippen molar-refractivity contribution in [1.29, 1.82) is 0 Å². The number of aromatic nitrogens is 3. The lowest BCUT2D eigenvalue weighted by atomic mass is 10.5. The molecule has 0 aromatic carbocycles. The van der Waals surface area contributed by atoms with Crippen LogP contribution < -0.4 is 9.64 Å². The molecular formula is C10H17ClN4OS. The Balaban J connectivity index is 2.81. The van der Waals surface area contributed by atoms with Gasteiger partial charge in [0.2, 0.25) is 11.2 Å². The molecule has 1 heterocycles. The second kappa shape index (κ2) is 6.86. The summed E-state index contributed by atoms with van der Waals surface area (Å²) in [5.74, 6) is 1.54. The van der Waals surface area contributed by atoms with E-state index in [0.717, 1.165) is 12.3 Å². The van der Waals surface area contributed by atoms with Crippen LogP contribution in [-0.2, 0) is 0 Å². The van der Waals surface area contributed by atoms with E-state index in [1.54, 1.807) is 11.8 Å². The van der Waals surface area contributed by atoms with Crippen molar-refractivity contribution in [2.45, 2.75) is 20.0 Å². The van der Waals surface area contributed by atoms with Crippen LogP contribution in [0.1, 0.15) is 13.8 Å². The molecule has 0 N–H and O–H groups in total. The van der Waals surface area contributed by atoms with E-state index >= 15 is 0 Å². The van der Waals surface area contributed by atoms with Gasteiger partial charge in [-0.1, -0.05) is 0 Å². The van der Waals surface area contributed by atoms with Crippen LogP contribution in [0.25, 0.3) is 0 Å². The lowest BCUT2D eigenvalue weighted by Crippen LogP contribution is -2.23. The summed E-state index contributed by atoms with van der Waals surface area (Å²) in [4.78, 5) is 14.1. The summed E-state index contributed by atoms with van der Waals surface area (Å²) in [6.45, 7) is 4.67. The van der Waals surface area contributed by atoms with Gasteiger partial charge in [0.15, 0.2) is 0 Å². The number of anilines is 1. The molecule has 0 bridgehead atoms. The zero-order valence-electron chi connectivity index (χ0n) is 10.5. The van der Waals surface area contributed by atoms with Gasteiger partial charge in [0.25, 0.3) is 0 Å². The zero-order valence-corrected chi connectivity index (χ0v) is 12.0. The minimum atomic E-state index is 0.0119. The van der Waals surface area contributed by atoms with Gasteiger partial charge in [-0.05, 0) is 31.7 Å². The fourth-order valence-corrected chi connectivity index (χ4v) is 1.69. The predicted octanol–water partition coefficient (Wildman–Crippen LogP) is 2.11. The Morgan fingerprint density at radius 1 is 1.35 bits per heavy atom. The van der Waals surface area contributed by atoms with Gasteiger partial charge in [-0.25, -0.2) is 0 Å². The monoisotopic (exact) mass is 276 g/mol. The van der Waals surface area contributed by atoms with Gasteiger partial charge in [-0.3, -0.25) is 0 Å². The van der Waals surface area contributed by atoms with Gasteiger partial charge in [-0.15, -0.1) is 0 Å². The van der Waals surface area contributed by atoms with E-state index in [2.05, 4.69) is 21.2 Å². The van der Waals surface area contributed by atoms with Crippen LogP contribution in [0, 0.1) is 0 Å². The van der Waals surface area contributed by atoms with Gasteiger partial charge in [0.1, 0.15) is 0 Å². The third-order valence-electron chi connectivity index (χ3n) is 1.89. The first-order valence-corrected chi connectivity index (χ1v) is 7.08. The topological polar surface area (TPSA) is 51.1 Å². The van der Waals surface area contributed by atoms with Crippen molar-refractivity contribution in [1.82, 2.24) is 15.0 Å². The highest BCUT2D eigenvalue weighted by molar-refractivity contribution is 7.98. The Morgan fingerprint density at radius 2 is 2.06 bits per heavy atom. The largest absolute Gasteiger partial charge is 0.461 e. The molecule has 1 aromatic heterocycles. The molecule has 0 amide bonds. The predicted molar refractivity (Wildman–Crippen MR) is 72.3 cm³/mol. The molecule has 5 nitrogen and oxygen atoms in total. The summed E-state index contributed by atoms with van der Waals surface area (Å²) in [6.07, 6.45) is 2.07. The van der Waals surface area contributed by atoms with Crippen molar-refractivity contribution in [3.05, 3.63) is 5.28 Å². The molecule has 0 aliphatic carbocycles. The van der Waals surface area contributed by atoms with Gasteiger partial charge in [-0.2, -0.15) is 26.7 Å². The first-order valence-electron chi connectivity index (χ1n) is 5.31.